The van der Waals surface area contributed by atoms with Crippen molar-refractivity contribution in [2.24, 2.45) is 5.73 Å². The van der Waals surface area contributed by atoms with Gasteiger partial charge in [0, 0.05) is 13.1 Å². The van der Waals surface area contributed by atoms with E-state index < -0.39 is 0 Å². The Labute approximate surface area is 84.9 Å². The Morgan fingerprint density at radius 3 is 2.50 bits per heavy atom. The number of aliphatic hydroxyl groups excluding tert-OH is 1. The van der Waals surface area contributed by atoms with E-state index in [9.17, 15) is 0 Å². The van der Waals surface area contributed by atoms with E-state index in [1.165, 1.54) is 17.5 Å². The van der Waals surface area contributed by atoms with Crippen molar-refractivity contribution >= 4 is 0 Å². The molecule has 2 rings (SSSR count). The zero-order valence-electron chi connectivity index (χ0n) is 8.37. The van der Waals surface area contributed by atoms with E-state index in [4.69, 9.17) is 10.8 Å². The third kappa shape index (κ3) is 3.46. The van der Waals surface area contributed by atoms with Gasteiger partial charge in [-0.1, -0.05) is 24.3 Å². The number of aliphatic hydroxyl groups is 1. The molecule has 1 heterocycles. The molecular formula is C11H18N2O. The van der Waals surface area contributed by atoms with Gasteiger partial charge in [0.15, 0.2) is 0 Å². The summed E-state index contributed by atoms with van der Waals surface area (Å²) in [7, 11) is 0. The Morgan fingerprint density at radius 2 is 1.93 bits per heavy atom. The van der Waals surface area contributed by atoms with Crippen LogP contribution in [0.25, 0.3) is 0 Å². The molecule has 3 nitrogen and oxygen atoms in total. The maximum atomic E-state index is 7.75. The predicted molar refractivity (Wildman–Crippen MR) is 58.0 cm³/mol. The fourth-order valence-electron chi connectivity index (χ4n) is 1.42. The summed E-state index contributed by atoms with van der Waals surface area (Å²) in [4.78, 5) is 0. The monoisotopic (exact) mass is 194 g/mol. The lowest BCUT2D eigenvalue weighted by atomic mass is 10.0. The zero-order chi connectivity index (χ0) is 10.2. The van der Waals surface area contributed by atoms with Crippen LogP contribution in [0.1, 0.15) is 11.1 Å². The van der Waals surface area contributed by atoms with Gasteiger partial charge in [0.05, 0.1) is 6.61 Å². The summed E-state index contributed by atoms with van der Waals surface area (Å²) in [5.74, 6) is 0. The number of hydrogen-bond donors (Lipinski definition) is 3. The standard InChI is InChI=1S/C9H11N.C2H7NO/c1-2-4-9-7-10-6-5-8(9)3-1;3-1-2-4/h1-4,10H,5-7H2;4H,1-3H2. The Hall–Kier alpha value is -0.900. The van der Waals surface area contributed by atoms with Crippen molar-refractivity contribution in [2.75, 3.05) is 19.7 Å². The quantitative estimate of drug-likeness (QED) is 0.601. The molecule has 3 heteroatoms. The van der Waals surface area contributed by atoms with Crippen molar-refractivity contribution in [3.05, 3.63) is 35.4 Å². The summed E-state index contributed by atoms with van der Waals surface area (Å²) in [5, 5.41) is 11.1. The summed E-state index contributed by atoms with van der Waals surface area (Å²) < 4.78 is 0. The van der Waals surface area contributed by atoms with E-state index in [1.54, 1.807) is 0 Å². The van der Waals surface area contributed by atoms with Crippen molar-refractivity contribution in [3.63, 3.8) is 0 Å². The second-order valence-electron chi connectivity index (χ2n) is 3.21. The maximum Gasteiger partial charge on any atom is 0.0553 e. The molecule has 0 saturated carbocycles. The van der Waals surface area contributed by atoms with E-state index >= 15 is 0 Å². The Balaban J connectivity index is 0.000000213. The predicted octanol–water partition coefficient (Wildman–Crippen LogP) is 0.270. The molecule has 0 fully saturated rings. The molecule has 78 valence electrons. The van der Waals surface area contributed by atoms with Gasteiger partial charge in [-0.3, -0.25) is 0 Å². The highest BCUT2D eigenvalue weighted by Gasteiger charge is 2.05. The molecule has 1 aromatic rings. The van der Waals surface area contributed by atoms with Crippen LogP contribution < -0.4 is 11.1 Å². The number of rotatable bonds is 1. The second-order valence-corrected chi connectivity index (χ2v) is 3.21. The molecule has 4 N–H and O–H groups in total. The first-order valence-electron chi connectivity index (χ1n) is 4.97. The Bertz CT molecular complexity index is 236. The van der Waals surface area contributed by atoms with Crippen LogP contribution >= 0.6 is 0 Å². The summed E-state index contributed by atoms with van der Waals surface area (Å²) in [6.07, 6.45) is 1.19. The van der Waals surface area contributed by atoms with Crippen LogP contribution in [0.2, 0.25) is 0 Å². The van der Waals surface area contributed by atoms with E-state index in [1.807, 2.05) is 0 Å². The molecule has 0 amide bonds. The van der Waals surface area contributed by atoms with Crippen LogP contribution in [-0.2, 0) is 13.0 Å². The van der Waals surface area contributed by atoms with Crippen LogP contribution in [0.3, 0.4) is 0 Å². The van der Waals surface area contributed by atoms with Gasteiger partial charge in [0.1, 0.15) is 0 Å². The van der Waals surface area contributed by atoms with Gasteiger partial charge >= 0.3 is 0 Å². The first-order valence-corrected chi connectivity index (χ1v) is 4.97. The summed E-state index contributed by atoms with van der Waals surface area (Å²) in [6, 6.07) is 8.63. The lowest BCUT2D eigenvalue weighted by Gasteiger charge is -2.15. The fourth-order valence-corrected chi connectivity index (χ4v) is 1.42. The van der Waals surface area contributed by atoms with Crippen molar-refractivity contribution in [1.29, 1.82) is 0 Å². The van der Waals surface area contributed by atoms with Crippen molar-refractivity contribution < 1.29 is 5.11 Å². The third-order valence-corrected chi connectivity index (χ3v) is 2.13. The van der Waals surface area contributed by atoms with Gasteiger partial charge < -0.3 is 16.2 Å². The highest BCUT2D eigenvalue weighted by atomic mass is 16.3. The fraction of sp³-hybridized carbons (Fsp3) is 0.455. The minimum Gasteiger partial charge on any atom is -0.395 e. The minimum absolute atomic E-state index is 0.0972. The minimum atomic E-state index is 0.0972. The van der Waals surface area contributed by atoms with Crippen LogP contribution in [0.5, 0.6) is 0 Å². The summed E-state index contributed by atoms with van der Waals surface area (Å²) >= 11 is 0. The first-order chi connectivity index (χ1) is 6.88. The SMILES string of the molecule is NCCO.c1ccc2c(c1)CCNC2. The van der Waals surface area contributed by atoms with E-state index in [0.29, 0.717) is 6.54 Å². The average molecular weight is 194 g/mol. The molecule has 0 aliphatic carbocycles. The molecule has 0 radical (unpaired) electrons. The van der Waals surface area contributed by atoms with Gasteiger partial charge in [-0.2, -0.15) is 0 Å². The highest BCUT2D eigenvalue weighted by Crippen LogP contribution is 2.11. The third-order valence-electron chi connectivity index (χ3n) is 2.13. The molecule has 0 atom stereocenters. The number of nitrogens with two attached hydrogens (primary N) is 1. The van der Waals surface area contributed by atoms with Gasteiger partial charge in [-0.25, -0.2) is 0 Å². The summed E-state index contributed by atoms with van der Waals surface area (Å²) in [6.45, 7) is 2.66. The average Bonchev–Trinajstić information content (AvgIpc) is 2.30. The molecule has 1 aliphatic rings. The maximum absolute atomic E-state index is 7.75. The van der Waals surface area contributed by atoms with Crippen molar-refractivity contribution in [2.45, 2.75) is 13.0 Å². The van der Waals surface area contributed by atoms with Gasteiger partial charge in [-0.15, -0.1) is 0 Å². The Morgan fingerprint density at radius 1 is 1.29 bits per heavy atom. The molecule has 0 saturated heterocycles. The molecule has 0 unspecified atom stereocenters. The smallest absolute Gasteiger partial charge is 0.0553 e. The van der Waals surface area contributed by atoms with Crippen LogP contribution in [0, 0.1) is 0 Å². The highest BCUT2D eigenvalue weighted by molar-refractivity contribution is 5.28. The zero-order valence-corrected chi connectivity index (χ0v) is 8.37. The number of nitrogens with one attached hydrogen (secondary N) is 1. The lowest BCUT2D eigenvalue weighted by molar-refractivity contribution is 0.306. The molecular weight excluding hydrogens is 176 g/mol. The van der Waals surface area contributed by atoms with Gasteiger partial charge in [-0.05, 0) is 24.1 Å². The number of benzene rings is 1. The number of fused-ring (bicyclic) bond motifs is 1. The van der Waals surface area contributed by atoms with E-state index in [2.05, 4.69) is 29.6 Å². The van der Waals surface area contributed by atoms with Crippen LogP contribution in [0.4, 0.5) is 0 Å². The van der Waals surface area contributed by atoms with E-state index in [0.717, 1.165) is 13.1 Å². The van der Waals surface area contributed by atoms with E-state index in [-0.39, 0.29) is 6.61 Å². The normalized spacial score (nSPS) is 13.9. The number of hydrogen-bond acceptors (Lipinski definition) is 3. The lowest BCUT2D eigenvalue weighted by Crippen LogP contribution is -2.23. The Kier molecular flexibility index (Phi) is 5.22. The van der Waals surface area contributed by atoms with Crippen LogP contribution in [0.15, 0.2) is 24.3 Å². The van der Waals surface area contributed by atoms with Crippen molar-refractivity contribution in [1.82, 2.24) is 5.32 Å². The first kappa shape index (κ1) is 11.2. The van der Waals surface area contributed by atoms with Crippen molar-refractivity contribution in [3.8, 4) is 0 Å². The van der Waals surface area contributed by atoms with Gasteiger partial charge in [0.2, 0.25) is 0 Å². The molecule has 14 heavy (non-hydrogen) atoms. The van der Waals surface area contributed by atoms with Crippen LogP contribution in [-0.4, -0.2) is 24.8 Å². The molecule has 0 bridgehead atoms. The second kappa shape index (κ2) is 6.54. The molecule has 1 aromatic carbocycles. The molecule has 0 spiro atoms. The summed E-state index contributed by atoms with van der Waals surface area (Å²) in [5.41, 5.74) is 7.76. The molecule has 0 aromatic heterocycles. The largest absolute Gasteiger partial charge is 0.395 e. The molecule has 1 aliphatic heterocycles. The van der Waals surface area contributed by atoms with Gasteiger partial charge in [0.25, 0.3) is 0 Å². The topological polar surface area (TPSA) is 58.3 Å².